The number of hydrogen-bond donors (Lipinski definition) is 0. The van der Waals surface area contributed by atoms with Gasteiger partial charge in [0.1, 0.15) is 5.60 Å². The number of benzene rings is 1. The molecule has 0 unspecified atom stereocenters. The van der Waals surface area contributed by atoms with Crippen LogP contribution in [0.25, 0.3) is 0 Å². The van der Waals surface area contributed by atoms with Crippen molar-refractivity contribution < 1.29 is 9.53 Å². The molecule has 1 atom stereocenters. The molecule has 4 nitrogen and oxygen atoms in total. The van der Waals surface area contributed by atoms with E-state index in [0.717, 1.165) is 24.5 Å². The van der Waals surface area contributed by atoms with Gasteiger partial charge in [-0.2, -0.15) is 0 Å². The Hall–Kier alpha value is -1.42. The number of amides is 1. The monoisotopic (exact) mass is 336 g/mol. The molecule has 0 spiro atoms. The number of halogens is 1. The molecule has 3 rings (SSSR count). The third-order valence-corrected chi connectivity index (χ3v) is 4.85. The van der Waals surface area contributed by atoms with Gasteiger partial charge in [-0.15, -0.1) is 0 Å². The van der Waals surface area contributed by atoms with E-state index >= 15 is 0 Å². The third kappa shape index (κ3) is 3.14. The molecule has 0 aromatic heterocycles. The number of likely N-dealkylation sites (N-methyl/N-ethyl adjacent to an activating group) is 1. The van der Waals surface area contributed by atoms with Crippen molar-refractivity contribution >= 4 is 23.4 Å². The summed E-state index contributed by atoms with van der Waals surface area (Å²) in [5, 5.41) is 0.818. The van der Waals surface area contributed by atoms with Gasteiger partial charge in [-0.05, 0) is 51.3 Å². The van der Waals surface area contributed by atoms with Crippen molar-refractivity contribution in [2.24, 2.45) is 0 Å². The first-order chi connectivity index (χ1) is 10.8. The number of rotatable bonds is 1. The Labute approximate surface area is 143 Å². The number of ether oxygens (including phenoxy) is 1. The van der Waals surface area contributed by atoms with Crippen LogP contribution in [0.5, 0.6) is 0 Å². The number of nitrogens with zero attached hydrogens (tertiary/aromatic N) is 2. The number of carbonyl (C=O) groups is 1. The zero-order valence-corrected chi connectivity index (χ0v) is 15.1. The van der Waals surface area contributed by atoms with E-state index in [2.05, 4.69) is 17.9 Å². The van der Waals surface area contributed by atoms with Crippen LogP contribution in [0, 0.1) is 0 Å². The third-order valence-electron chi connectivity index (χ3n) is 4.55. The second kappa shape index (κ2) is 5.90. The summed E-state index contributed by atoms with van der Waals surface area (Å²) >= 11 is 6.45. The van der Waals surface area contributed by atoms with Gasteiger partial charge in [0.25, 0.3) is 0 Å². The lowest BCUT2D eigenvalue weighted by molar-refractivity contribution is 0.0248. The molecule has 0 N–H and O–H groups in total. The molecule has 2 heterocycles. The van der Waals surface area contributed by atoms with E-state index in [1.165, 1.54) is 16.8 Å². The summed E-state index contributed by atoms with van der Waals surface area (Å²) in [7, 11) is 0. The standard InChI is InChI=1S/C18H25ClN2O2/c1-5-20-10-13-11-21(17(22)23-18(2,3)4)9-8-12-6-7-14(19)16(20)15(12)13/h6-7,13H,5,8-11H2,1-4H3/t13-/m1/s1. The molecular weight excluding hydrogens is 312 g/mol. The molecule has 1 aromatic rings. The van der Waals surface area contributed by atoms with Gasteiger partial charge in [0, 0.05) is 32.1 Å². The van der Waals surface area contributed by atoms with Crippen LogP contribution in [0.2, 0.25) is 5.02 Å². The summed E-state index contributed by atoms with van der Waals surface area (Å²) in [4.78, 5) is 16.7. The fraction of sp³-hybridized carbons (Fsp3) is 0.611. The fourth-order valence-corrected chi connectivity index (χ4v) is 3.89. The molecule has 2 aliphatic rings. The second-order valence-corrected chi connectivity index (χ2v) is 7.79. The van der Waals surface area contributed by atoms with E-state index in [-0.39, 0.29) is 6.09 Å². The Morgan fingerprint density at radius 2 is 2.09 bits per heavy atom. The molecule has 0 saturated carbocycles. The highest BCUT2D eigenvalue weighted by Crippen LogP contribution is 2.44. The molecule has 0 bridgehead atoms. The maximum absolute atomic E-state index is 12.5. The average molecular weight is 337 g/mol. The van der Waals surface area contributed by atoms with E-state index in [9.17, 15) is 4.79 Å². The average Bonchev–Trinajstić information content (AvgIpc) is 2.72. The van der Waals surface area contributed by atoms with Gasteiger partial charge < -0.3 is 14.5 Å². The largest absolute Gasteiger partial charge is 0.444 e. The quantitative estimate of drug-likeness (QED) is 0.775. The van der Waals surface area contributed by atoms with E-state index in [0.29, 0.717) is 19.0 Å². The first-order valence-corrected chi connectivity index (χ1v) is 8.72. The SMILES string of the molecule is CCN1C[C@@H]2CN(C(=O)OC(C)(C)C)CCc3ccc(Cl)c1c32. The van der Waals surface area contributed by atoms with Crippen molar-refractivity contribution in [2.75, 3.05) is 31.1 Å². The smallest absolute Gasteiger partial charge is 0.410 e. The zero-order chi connectivity index (χ0) is 16.8. The predicted molar refractivity (Wildman–Crippen MR) is 93.6 cm³/mol. The van der Waals surface area contributed by atoms with Crippen molar-refractivity contribution in [3.8, 4) is 0 Å². The first-order valence-electron chi connectivity index (χ1n) is 8.34. The highest BCUT2D eigenvalue weighted by Gasteiger charge is 2.37. The van der Waals surface area contributed by atoms with Crippen LogP contribution < -0.4 is 4.90 Å². The number of carbonyl (C=O) groups excluding carboxylic acids is 1. The van der Waals surface area contributed by atoms with E-state index in [1.807, 2.05) is 31.7 Å². The molecule has 1 aromatic carbocycles. The lowest BCUT2D eigenvalue weighted by atomic mass is 9.95. The molecule has 5 heteroatoms. The van der Waals surface area contributed by atoms with Gasteiger partial charge >= 0.3 is 6.09 Å². The Morgan fingerprint density at radius 3 is 2.74 bits per heavy atom. The molecule has 0 saturated heterocycles. The molecule has 1 amide bonds. The summed E-state index contributed by atoms with van der Waals surface area (Å²) in [6, 6.07) is 4.11. The minimum Gasteiger partial charge on any atom is -0.444 e. The molecule has 0 radical (unpaired) electrons. The molecule has 126 valence electrons. The van der Waals surface area contributed by atoms with Gasteiger partial charge in [0.05, 0.1) is 10.7 Å². The lowest BCUT2D eigenvalue weighted by Crippen LogP contribution is -2.40. The maximum atomic E-state index is 12.5. The summed E-state index contributed by atoms with van der Waals surface area (Å²) in [5.74, 6) is 0.314. The minimum absolute atomic E-state index is 0.215. The van der Waals surface area contributed by atoms with E-state index < -0.39 is 5.60 Å². The predicted octanol–water partition coefficient (Wildman–Crippen LogP) is 4.06. The van der Waals surface area contributed by atoms with Crippen LogP contribution in [-0.2, 0) is 11.2 Å². The van der Waals surface area contributed by atoms with Crippen molar-refractivity contribution in [3.63, 3.8) is 0 Å². The molecule has 2 aliphatic heterocycles. The lowest BCUT2D eigenvalue weighted by Gasteiger charge is -2.28. The summed E-state index contributed by atoms with van der Waals surface area (Å²) in [5.41, 5.74) is 3.36. The molecular formula is C18H25ClN2O2. The van der Waals surface area contributed by atoms with E-state index in [1.54, 1.807) is 0 Å². The zero-order valence-electron chi connectivity index (χ0n) is 14.4. The maximum Gasteiger partial charge on any atom is 0.410 e. The van der Waals surface area contributed by atoms with Crippen LogP contribution in [0.1, 0.15) is 44.7 Å². The van der Waals surface area contributed by atoms with Crippen LogP contribution in [0.15, 0.2) is 12.1 Å². The van der Waals surface area contributed by atoms with Crippen LogP contribution in [-0.4, -0.2) is 42.8 Å². The topological polar surface area (TPSA) is 32.8 Å². The Kier molecular flexibility index (Phi) is 4.21. The number of anilines is 1. The Bertz CT molecular complexity index is 624. The summed E-state index contributed by atoms with van der Waals surface area (Å²) < 4.78 is 5.57. The van der Waals surface area contributed by atoms with Gasteiger partial charge in [-0.3, -0.25) is 0 Å². The van der Waals surface area contributed by atoms with Crippen LogP contribution in [0.4, 0.5) is 10.5 Å². The first kappa shape index (κ1) is 16.4. The van der Waals surface area contributed by atoms with Gasteiger partial charge in [0.15, 0.2) is 0 Å². The van der Waals surface area contributed by atoms with Crippen molar-refractivity contribution in [1.82, 2.24) is 4.90 Å². The summed E-state index contributed by atoms with van der Waals surface area (Å²) in [6.07, 6.45) is 0.639. The fourth-order valence-electron chi connectivity index (χ4n) is 3.61. The van der Waals surface area contributed by atoms with Gasteiger partial charge in [-0.1, -0.05) is 17.7 Å². The highest BCUT2D eigenvalue weighted by atomic mass is 35.5. The second-order valence-electron chi connectivity index (χ2n) is 7.38. The normalized spacial score (nSPS) is 20.3. The number of hydrogen-bond acceptors (Lipinski definition) is 3. The van der Waals surface area contributed by atoms with Crippen LogP contribution >= 0.6 is 11.6 Å². The molecule has 0 aliphatic carbocycles. The van der Waals surface area contributed by atoms with Crippen LogP contribution in [0.3, 0.4) is 0 Å². The Balaban J connectivity index is 1.89. The van der Waals surface area contributed by atoms with Crippen molar-refractivity contribution in [1.29, 1.82) is 0 Å². The molecule has 0 fully saturated rings. The minimum atomic E-state index is -0.462. The highest BCUT2D eigenvalue weighted by molar-refractivity contribution is 6.33. The van der Waals surface area contributed by atoms with Crippen molar-refractivity contribution in [2.45, 2.75) is 45.6 Å². The van der Waals surface area contributed by atoms with Crippen molar-refractivity contribution in [3.05, 3.63) is 28.3 Å². The van der Waals surface area contributed by atoms with Gasteiger partial charge in [0.2, 0.25) is 0 Å². The van der Waals surface area contributed by atoms with E-state index in [4.69, 9.17) is 16.3 Å². The molecule has 23 heavy (non-hydrogen) atoms. The summed E-state index contributed by atoms with van der Waals surface area (Å²) in [6.45, 7) is 11.1. The Morgan fingerprint density at radius 1 is 1.35 bits per heavy atom. The van der Waals surface area contributed by atoms with Gasteiger partial charge in [-0.25, -0.2) is 4.79 Å².